The van der Waals surface area contributed by atoms with Crippen molar-refractivity contribution in [1.82, 2.24) is 19.8 Å². The second kappa shape index (κ2) is 11.3. The molecule has 0 unspecified atom stereocenters. The zero-order valence-corrected chi connectivity index (χ0v) is 25.3. The molecule has 10 heteroatoms. The Kier molecular flexibility index (Phi) is 7.29. The van der Waals surface area contributed by atoms with Crippen molar-refractivity contribution >= 4 is 28.2 Å². The maximum Gasteiger partial charge on any atom is 0.319 e. The number of piperazine rings is 1. The lowest BCUT2D eigenvalue weighted by atomic mass is 10.0. The summed E-state index contributed by atoms with van der Waals surface area (Å²) >= 11 is 0. The van der Waals surface area contributed by atoms with Crippen LogP contribution in [0.4, 0.5) is 11.5 Å². The molecule has 3 aliphatic heterocycles. The number of hydrogen-bond acceptors (Lipinski definition) is 9. The lowest BCUT2D eigenvalue weighted by Gasteiger charge is -2.42. The number of hydrogen-bond donors (Lipinski definition) is 1. The van der Waals surface area contributed by atoms with Crippen LogP contribution in [-0.2, 0) is 17.8 Å². The Hall–Kier alpha value is -4.36. The van der Waals surface area contributed by atoms with Crippen LogP contribution in [0.25, 0.3) is 10.8 Å². The lowest BCUT2D eigenvalue weighted by molar-refractivity contribution is -0.128. The summed E-state index contributed by atoms with van der Waals surface area (Å²) in [6.07, 6.45) is 6.55. The summed E-state index contributed by atoms with van der Waals surface area (Å²) in [6.45, 7) is 7.63. The summed E-state index contributed by atoms with van der Waals surface area (Å²) in [7, 11) is 2.18. The second-order valence-corrected chi connectivity index (χ2v) is 12.6. The molecule has 0 radical (unpaired) electrons. The highest BCUT2D eigenvalue weighted by Gasteiger charge is 2.55. The largest absolute Gasteiger partial charge is 0.508 e. The molecular weight excluding hydrogens is 554 g/mol. The number of fused-ring (bicyclic) bond motifs is 2. The molecule has 228 valence electrons. The number of amides is 1. The van der Waals surface area contributed by atoms with Gasteiger partial charge in [0.15, 0.2) is 0 Å². The van der Waals surface area contributed by atoms with Crippen molar-refractivity contribution in [2.24, 2.45) is 0 Å². The molecule has 1 aliphatic carbocycles. The molecule has 3 fully saturated rings. The van der Waals surface area contributed by atoms with E-state index in [4.69, 9.17) is 14.7 Å². The van der Waals surface area contributed by atoms with E-state index in [0.29, 0.717) is 38.2 Å². The molecule has 44 heavy (non-hydrogen) atoms. The third-order valence-electron chi connectivity index (χ3n) is 9.92. The van der Waals surface area contributed by atoms with E-state index >= 15 is 0 Å². The number of anilines is 2. The maximum atomic E-state index is 12.6. The fourth-order valence-corrected chi connectivity index (χ4v) is 7.56. The number of aromatic nitrogens is 2. The van der Waals surface area contributed by atoms with Crippen LogP contribution in [0.1, 0.15) is 43.4 Å². The Morgan fingerprint density at radius 1 is 1.18 bits per heavy atom. The van der Waals surface area contributed by atoms with E-state index < -0.39 is 0 Å². The minimum absolute atomic E-state index is 0.149. The zero-order chi connectivity index (χ0) is 30.4. The van der Waals surface area contributed by atoms with E-state index in [2.05, 4.69) is 40.5 Å². The smallest absolute Gasteiger partial charge is 0.319 e. The topological polar surface area (TPSA) is 109 Å². The van der Waals surface area contributed by atoms with Crippen molar-refractivity contribution in [3.63, 3.8) is 0 Å². The summed E-state index contributed by atoms with van der Waals surface area (Å²) in [5.74, 6) is 0.933. The van der Waals surface area contributed by atoms with Gasteiger partial charge in [0.05, 0.1) is 30.8 Å². The van der Waals surface area contributed by atoms with Crippen molar-refractivity contribution in [1.29, 1.82) is 5.26 Å². The van der Waals surface area contributed by atoms with Crippen molar-refractivity contribution in [3.8, 4) is 17.8 Å². The number of rotatable bonds is 7. The Morgan fingerprint density at radius 2 is 2.02 bits per heavy atom. The molecule has 1 saturated carbocycles. The van der Waals surface area contributed by atoms with Crippen molar-refractivity contribution in [3.05, 3.63) is 60.3 Å². The fourth-order valence-electron chi connectivity index (χ4n) is 7.56. The zero-order valence-electron chi connectivity index (χ0n) is 25.3. The molecule has 1 amide bonds. The fraction of sp³-hybridized carbons (Fsp3) is 0.471. The number of benzene rings is 2. The summed E-state index contributed by atoms with van der Waals surface area (Å²) in [6, 6.07) is 14.5. The predicted octanol–water partition coefficient (Wildman–Crippen LogP) is 4.02. The molecule has 10 nitrogen and oxygen atoms in total. The van der Waals surface area contributed by atoms with E-state index in [9.17, 15) is 15.2 Å². The molecule has 4 heterocycles. The van der Waals surface area contributed by atoms with Crippen molar-refractivity contribution < 1.29 is 14.6 Å². The van der Waals surface area contributed by atoms with E-state index in [0.717, 1.165) is 72.3 Å². The highest BCUT2D eigenvalue weighted by atomic mass is 16.5. The average molecular weight is 594 g/mol. The number of phenols is 1. The molecule has 0 bridgehead atoms. The molecule has 2 saturated heterocycles. The maximum absolute atomic E-state index is 12.6. The van der Waals surface area contributed by atoms with Crippen molar-refractivity contribution in [2.75, 3.05) is 49.6 Å². The molecule has 7 rings (SSSR count). The Balaban J connectivity index is 1.26. The predicted molar refractivity (Wildman–Crippen MR) is 169 cm³/mol. The summed E-state index contributed by atoms with van der Waals surface area (Å²) in [5.41, 5.74) is 2.72. The average Bonchev–Trinajstić information content (AvgIpc) is 3.67. The molecule has 3 aromatic rings. The number of nitrogens with zero attached hydrogens (tertiary/aromatic N) is 7. The van der Waals surface area contributed by atoms with Crippen LogP contribution in [0, 0.1) is 11.3 Å². The molecule has 4 aliphatic rings. The Labute approximate surface area is 258 Å². The first-order valence-corrected chi connectivity index (χ1v) is 15.7. The van der Waals surface area contributed by atoms with Gasteiger partial charge in [0, 0.05) is 54.9 Å². The van der Waals surface area contributed by atoms with Gasteiger partial charge in [0.1, 0.15) is 17.2 Å². The van der Waals surface area contributed by atoms with Gasteiger partial charge in [0.25, 0.3) is 0 Å². The van der Waals surface area contributed by atoms with Gasteiger partial charge in [-0.2, -0.15) is 15.2 Å². The minimum atomic E-state index is -0.259. The van der Waals surface area contributed by atoms with Gasteiger partial charge in [0.2, 0.25) is 5.91 Å². The molecule has 1 aromatic heterocycles. The van der Waals surface area contributed by atoms with E-state index in [1.807, 2.05) is 24.3 Å². The molecular formula is C34H39N7O3. The monoisotopic (exact) mass is 593 g/mol. The third-order valence-corrected chi connectivity index (χ3v) is 9.92. The van der Waals surface area contributed by atoms with Crippen LogP contribution < -0.4 is 14.5 Å². The first-order chi connectivity index (χ1) is 21.4. The number of aromatic hydroxyl groups is 1. The van der Waals surface area contributed by atoms with Crippen LogP contribution in [0.3, 0.4) is 0 Å². The van der Waals surface area contributed by atoms with Gasteiger partial charge in [-0.1, -0.05) is 30.8 Å². The van der Waals surface area contributed by atoms with Crippen molar-refractivity contribution in [2.45, 2.75) is 62.8 Å². The van der Waals surface area contributed by atoms with Crippen LogP contribution in [0.2, 0.25) is 0 Å². The standard InChI is InChI=1S/C34H39N7O3/c1-3-31(43)41-18-17-40(21-24(41)10-14-35)32-27-11-16-39(29-20-25(42)19-23-7-4-5-8-26(23)29)22-28(27)36-33(37-32)44-34(12-13-34)30-9-6-15-38(30)2/h3-5,7-8,19-20,24,30,42H,1,6,9-13,15-18,21-22H2,2H3/t24-,30-/m0/s1. The first-order valence-electron chi connectivity index (χ1n) is 15.7. The van der Waals surface area contributed by atoms with Crippen LogP contribution >= 0.6 is 0 Å². The SMILES string of the molecule is C=CC(=O)N1CCN(c2nc(OC3([C@@H]4CCCN4C)CC3)nc3c2CCN(c2cc(O)cc4ccccc24)C3)C[C@@H]1CC#N. The van der Waals surface area contributed by atoms with Gasteiger partial charge in [-0.25, -0.2) is 0 Å². The van der Waals surface area contributed by atoms with Gasteiger partial charge >= 0.3 is 6.01 Å². The number of carbonyl (C=O) groups excluding carboxylic acids is 1. The Morgan fingerprint density at radius 3 is 2.77 bits per heavy atom. The number of ether oxygens (including phenoxy) is 1. The van der Waals surface area contributed by atoms with E-state index in [-0.39, 0.29) is 29.7 Å². The summed E-state index contributed by atoms with van der Waals surface area (Å²) < 4.78 is 6.77. The molecule has 1 N–H and O–H groups in total. The van der Waals surface area contributed by atoms with Crippen LogP contribution in [0.15, 0.2) is 49.1 Å². The van der Waals surface area contributed by atoms with Gasteiger partial charge < -0.3 is 24.5 Å². The molecule has 2 aromatic carbocycles. The number of nitriles is 1. The first kappa shape index (κ1) is 28.4. The second-order valence-electron chi connectivity index (χ2n) is 12.6. The minimum Gasteiger partial charge on any atom is -0.508 e. The van der Waals surface area contributed by atoms with E-state index in [1.165, 1.54) is 12.5 Å². The van der Waals surface area contributed by atoms with Crippen LogP contribution in [0.5, 0.6) is 11.8 Å². The van der Waals surface area contributed by atoms with Crippen LogP contribution in [-0.4, -0.2) is 88.2 Å². The van der Waals surface area contributed by atoms with Gasteiger partial charge in [-0.15, -0.1) is 0 Å². The molecule has 0 spiro atoms. The Bertz CT molecular complexity index is 1650. The highest BCUT2D eigenvalue weighted by molar-refractivity contribution is 5.95. The molecule has 2 atom stereocenters. The number of likely N-dealkylation sites (N-methyl/N-ethyl adjacent to an activating group) is 1. The van der Waals surface area contributed by atoms with Gasteiger partial charge in [-0.3, -0.25) is 9.69 Å². The summed E-state index contributed by atoms with van der Waals surface area (Å²) in [4.78, 5) is 31.4. The van der Waals surface area contributed by atoms with E-state index in [1.54, 1.807) is 11.0 Å². The lowest BCUT2D eigenvalue weighted by Crippen LogP contribution is -2.55. The number of carbonyl (C=O) groups is 1. The van der Waals surface area contributed by atoms with Gasteiger partial charge in [-0.05, 0) is 63.2 Å². The normalized spacial score (nSPS) is 22.9. The summed E-state index contributed by atoms with van der Waals surface area (Å²) in [5, 5.41) is 22.2. The third kappa shape index (κ3) is 5.09. The highest BCUT2D eigenvalue weighted by Crippen LogP contribution is 2.48. The quantitative estimate of drug-likeness (QED) is 0.406. The number of phenolic OH excluding ortho intramolecular Hbond substituents is 1. The number of likely N-dealkylation sites (tertiary alicyclic amines) is 1.